The molecule has 0 saturated heterocycles. The van der Waals surface area contributed by atoms with Crippen LogP contribution in [0.2, 0.25) is 0 Å². The normalized spacial score (nSPS) is 10.7. The van der Waals surface area contributed by atoms with E-state index in [-0.39, 0.29) is 23.3 Å². The lowest BCUT2D eigenvalue weighted by atomic mass is 10.1. The number of thioether (sulfide) groups is 1. The average Bonchev–Trinajstić information content (AvgIpc) is 3.23. The van der Waals surface area contributed by atoms with Crippen molar-refractivity contribution < 1.29 is 14.0 Å². The zero-order valence-corrected chi connectivity index (χ0v) is 17.8. The minimum Gasteiger partial charge on any atom is -0.325 e. The standard InChI is InChI=1S/C23H18FN5O2S/c1-15(30)17-3-2-4-19(13-17)26-21(31)14-32-23-28-27-22(16-9-11-25-12-10-16)29(23)20-7-5-18(24)6-8-20/h2-13H,14H2,1H3,(H,26,31). The molecule has 0 aliphatic carbocycles. The minimum atomic E-state index is -0.353. The average molecular weight is 447 g/mol. The van der Waals surface area contributed by atoms with Gasteiger partial charge in [-0.05, 0) is 55.5 Å². The highest BCUT2D eigenvalue weighted by atomic mass is 32.2. The summed E-state index contributed by atoms with van der Waals surface area (Å²) in [5.74, 6) is -0.0639. The summed E-state index contributed by atoms with van der Waals surface area (Å²) in [4.78, 5) is 28.1. The van der Waals surface area contributed by atoms with E-state index in [2.05, 4.69) is 20.5 Å². The maximum atomic E-state index is 13.5. The molecular formula is C23H18FN5O2S. The molecular weight excluding hydrogens is 429 g/mol. The summed E-state index contributed by atoms with van der Waals surface area (Å²) in [6.45, 7) is 1.47. The van der Waals surface area contributed by atoms with Gasteiger partial charge in [0.2, 0.25) is 5.91 Å². The molecule has 0 aliphatic rings. The Morgan fingerprint density at radius 1 is 1.03 bits per heavy atom. The molecule has 0 fully saturated rings. The van der Waals surface area contributed by atoms with Crippen LogP contribution in [-0.4, -0.2) is 37.2 Å². The second-order valence-electron chi connectivity index (χ2n) is 6.83. The summed E-state index contributed by atoms with van der Waals surface area (Å²) >= 11 is 1.20. The Bertz CT molecular complexity index is 1260. The van der Waals surface area contributed by atoms with E-state index in [9.17, 15) is 14.0 Å². The number of Topliss-reactive ketones (excluding diaryl/α,β-unsaturated/α-hetero) is 1. The van der Waals surface area contributed by atoms with Gasteiger partial charge in [-0.2, -0.15) is 0 Å². The van der Waals surface area contributed by atoms with E-state index in [1.54, 1.807) is 65.5 Å². The van der Waals surface area contributed by atoms with Gasteiger partial charge in [0, 0.05) is 34.9 Å². The number of halogens is 1. The molecule has 0 radical (unpaired) electrons. The molecule has 2 aromatic heterocycles. The van der Waals surface area contributed by atoms with Crippen molar-refractivity contribution in [1.29, 1.82) is 0 Å². The number of hydrogen-bond acceptors (Lipinski definition) is 6. The molecule has 7 nitrogen and oxygen atoms in total. The van der Waals surface area contributed by atoms with Crippen molar-refractivity contribution in [1.82, 2.24) is 19.7 Å². The lowest BCUT2D eigenvalue weighted by Crippen LogP contribution is -2.15. The fourth-order valence-electron chi connectivity index (χ4n) is 3.02. The number of hydrogen-bond donors (Lipinski definition) is 1. The highest BCUT2D eigenvalue weighted by Crippen LogP contribution is 2.28. The van der Waals surface area contributed by atoms with Crippen molar-refractivity contribution >= 4 is 29.1 Å². The number of amides is 1. The Balaban J connectivity index is 1.56. The van der Waals surface area contributed by atoms with E-state index in [1.165, 1.54) is 30.8 Å². The number of pyridine rings is 1. The molecule has 4 rings (SSSR count). The van der Waals surface area contributed by atoms with Crippen LogP contribution in [-0.2, 0) is 4.79 Å². The Labute approximate surface area is 187 Å². The zero-order valence-electron chi connectivity index (χ0n) is 17.0. The van der Waals surface area contributed by atoms with Gasteiger partial charge in [0.05, 0.1) is 5.75 Å². The monoisotopic (exact) mass is 447 g/mol. The largest absolute Gasteiger partial charge is 0.325 e. The van der Waals surface area contributed by atoms with Gasteiger partial charge < -0.3 is 5.32 Å². The smallest absolute Gasteiger partial charge is 0.234 e. The molecule has 0 saturated carbocycles. The molecule has 9 heteroatoms. The van der Waals surface area contributed by atoms with Gasteiger partial charge >= 0.3 is 0 Å². The van der Waals surface area contributed by atoms with Gasteiger partial charge in [0.1, 0.15) is 5.82 Å². The van der Waals surface area contributed by atoms with Crippen LogP contribution in [0.4, 0.5) is 10.1 Å². The first-order valence-electron chi connectivity index (χ1n) is 9.66. The Morgan fingerprint density at radius 3 is 2.50 bits per heavy atom. The molecule has 4 aromatic rings. The van der Waals surface area contributed by atoms with Crippen LogP contribution in [0.3, 0.4) is 0 Å². The number of benzene rings is 2. The summed E-state index contributed by atoms with van der Waals surface area (Å²) in [6.07, 6.45) is 3.29. The van der Waals surface area contributed by atoms with Crippen LogP contribution < -0.4 is 5.32 Å². The number of nitrogens with one attached hydrogen (secondary N) is 1. The molecule has 1 amide bonds. The Morgan fingerprint density at radius 2 is 1.78 bits per heavy atom. The summed E-state index contributed by atoms with van der Waals surface area (Å²) in [6, 6.07) is 16.3. The summed E-state index contributed by atoms with van der Waals surface area (Å²) in [5.41, 5.74) is 2.52. The third kappa shape index (κ3) is 4.89. The van der Waals surface area contributed by atoms with Gasteiger partial charge in [0.25, 0.3) is 0 Å². The SMILES string of the molecule is CC(=O)c1cccc(NC(=O)CSc2nnc(-c3ccncc3)n2-c2ccc(F)cc2)c1. The lowest BCUT2D eigenvalue weighted by Gasteiger charge is -2.10. The van der Waals surface area contributed by atoms with E-state index in [1.807, 2.05) is 0 Å². The van der Waals surface area contributed by atoms with E-state index in [4.69, 9.17) is 0 Å². The minimum absolute atomic E-state index is 0.0694. The first-order valence-corrected chi connectivity index (χ1v) is 10.7. The third-order valence-electron chi connectivity index (χ3n) is 4.54. The quantitative estimate of drug-likeness (QED) is 0.334. The molecule has 0 unspecified atom stereocenters. The molecule has 160 valence electrons. The van der Waals surface area contributed by atoms with E-state index < -0.39 is 0 Å². The third-order valence-corrected chi connectivity index (χ3v) is 5.47. The topological polar surface area (TPSA) is 89.8 Å². The molecule has 32 heavy (non-hydrogen) atoms. The fourth-order valence-corrected chi connectivity index (χ4v) is 3.77. The van der Waals surface area contributed by atoms with Gasteiger partial charge in [-0.3, -0.25) is 19.1 Å². The van der Waals surface area contributed by atoms with Crippen LogP contribution in [0, 0.1) is 5.82 Å². The van der Waals surface area contributed by atoms with Crippen molar-refractivity contribution in [2.45, 2.75) is 12.1 Å². The number of nitrogens with zero attached hydrogens (tertiary/aromatic N) is 4. The van der Waals surface area contributed by atoms with Crippen molar-refractivity contribution in [2.24, 2.45) is 0 Å². The zero-order chi connectivity index (χ0) is 22.5. The van der Waals surface area contributed by atoms with Crippen LogP contribution in [0.5, 0.6) is 0 Å². The van der Waals surface area contributed by atoms with Crippen molar-refractivity contribution in [3.63, 3.8) is 0 Å². The number of anilines is 1. The van der Waals surface area contributed by atoms with Crippen LogP contribution in [0.1, 0.15) is 17.3 Å². The molecule has 0 aliphatic heterocycles. The van der Waals surface area contributed by atoms with Gasteiger partial charge in [-0.25, -0.2) is 4.39 Å². The number of rotatable bonds is 7. The van der Waals surface area contributed by atoms with Crippen molar-refractivity contribution in [3.8, 4) is 17.1 Å². The van der Waals surface area contributed by atoms with Crippen molar-refractivity contribution in [2.75, 3.05) is 11.1 Å². The maximum absolute atomic E-state index is 13.5. The van der Waals surface area contributed by atoms with Crippen LogP contribution >= 0.6 is 11.8 Å². The second kappa shape index (κ2) is 9.52. The lowest BCUT2D eigenvalue weighted by molar-refractivity contribution is -0.113. The summed E-state index contributed by atoms with van der Waals surface area (Å²) < 4.78 is 15.2. The van der Waals surface area contributed by atoms with Crippen LogP contribution in [0.15, 0.2) is 78.2 Å². The predicted molar refractivity (Wildman–Crippen MR) is 120 cm³/mol. The van der Waals surface area contributed by atoms with Gasteiger partial charge in [-0.15, -0.1) is 10.2 Å². The molecule has 2 heterocycles. The Hall–Kier alpha value is -3.85. The van der Waals surface area contributed by atoms with Crippen molar-refractivity contribution in [3.05, 3.63) is 84.4 Å². The fraction of sp³-hybridized carbons (Fsp3) is 0.0870. The van der Waals surface area contributed by atoms with E-state index in [0.29, 0.717) is 27.9 Å². The van der Waals surface area contributed by atoms with Gasteiger partial charge in [0.15, 0.2) is 16.8 Å². The van der Waals surface area contributed by atoms with E-state index >= 15 is 0 Å². The maximum Gasteiger partial charge on any atom is 0.234 e. The highest BCUT2D eigenvalue weighted by molar-refractivity contribution is 7.99. The highest BCUT2D eigenvalue weighted by Gasteiger charge is 2.17. The molecule has 0 bridgehead atoms. The second-order valence-corrected chi connectivity index (χ2v) is 7.77. The first-order chi connectivity index (χ1) is 15.5. The molecule has 0 spiro atoms. The number of carbonyl (C=O) groups is 2. The number of aromatic nitrogens is 4. The molecule has 0 atom stereocenters. The van der Waals surface area contributed by atoms with E-state index in [0.717, 1.165) is 5.56 Å². The number of ketones is 1. The summed E-state index contributed by atoms with van der Waals surface area (Å²) in [7, 11) is 0. The van der Waals surface area contributed by atoms with Crippen LogP contribution in [0.25, 0.3) is 17.1 Å². The molecule has 2 aromatic carbocycles. The summed E-state index contributed by atoms with van der Waals surface area (Å²) in [5, 5.41) is 11.8. The number of carbonyl (C=O) groups excluding carboxylic acids is 2. The predicted octanol–water partition coefficient (Wildman–Crippen LogP) is 4.40. The Kier molecular flexibility index (Phi) is 6.37. The first kappa shape index (κ1) is 21.4. The van der Waals surface area contributed by atoms with Gasteiger partial charge in [-0.1, -0.05) is 23.9 Å². The molecule has 1 N–H and O–H groups in total.